The molecule has 23 heavy (non-hydrogen) atoms. The maximum atomic E-state index is 12.2. The first-order valence-electron chi connectivity index (χ1n) is 7.26. The van der Waals surface area contributed by atoms with Gasteiger partial charge in [-0.15, -0.1) is 0 Å². The number of non-ortho nitro benzene ring substituents is 1. The molecule has 0 fully saturated rings. The van der Waals surface area contributed by atoms with E-state index in [0.717, 1.165) is 11.3 Å². The molecule has 6 nitrogen and oxygen atoms in total. The van der Waals surface area contributed by atoms with Crippen LogP contribution in [0.5, 0.6) is 0 Å². The Labute approximate surface area is 134 Å². The number of nitrogens with zero attached hydrogens (tertiary/aromatic N) is 1. The Kier molecular flexibility index (Phi) is 4.95. The van der Waals surface area contributed by atoms with Gasteiger partial charge in [0.2, 0.25) is 5.91 Å². The van der Waals surface area contributed by atoms with Crippen molar-refractivity contribution in [1.29, 1.82) is 0 Å². The van der Waals surface area contributed by atoms with Crippen LogP contribution in [0.25, 0.3) is 0 Å². The van der Waals surface area contributed by atoms with E-state index in [1.54, 1.807) is 13.0 Å². The van der Waals surface area contributed by atoms with Crippen LogP contribution in [-0.4, -0.2) is 16.9 Å². The number of hydrogen-bond donors (Lipinski definition) is 2. The van der Waals surface area contributed by atoms with Crippen LogP contribution in [0.15, 0.2) is 42.5 Å². The van der Waals surface area contributed by atoms with Crippen molar-refractivity contribution in [3.05, 3.63) is 63.7 Å². The van der Waals surface area contributed by atoms with Crippen molar-refractivity contribution < 1.29 is 9.72 Å². The van der Waals surface area contributed by atoms with Crippen LogP contribution in [0, 0.1) is 24.0 Å². The first-order chi connectivity index (χ1) is 10.9. The maximum absolute atomic E-state index is 12.2. The van der Waals surface area contributed by atoms with Crippen molar-refractivity contribution in [2.45, 2.75) is 26.8 Å². The van der Waals surface area contributed by atoms with Crippen LogP contribution in [0.2, 0.25) is 0 Å². The van der Waals surface area contributed by atoms with Crippen molar-refractivity contribution in [1.82, 2.24) is 0 Å². The van der Waals surface area contributed by atoms with Gasteiger partial charge in [0.1, 0.15) is 6.04 Å². The van der Waals surface area contributed by atoms with Gasteiger partial charge in [0.25, 0.3) is 5.69 Å². The van der Waals surface area contributed by atoms with E-state index in [2.05, 4.69) is 10.6 Å². The summed E-state index contributed by atoms with van der Waals surface area (Å²) in [5, 5.41) is 16.6. The second kappa shape index (κ2) is 6.91. The van der Waals surface area contributed by atoms with Gasteiger partial charge < -0.3 is 10.6 Å². The zero-order valence-corrected chi connectivity index (χ0v) is 13.3. The molecule has 0 saturated carbocycles. The largest absolute Gasteiger partial charge is 0.374 e. The zero-order chi connectivity index (χ0) is 17.0. The van der Waals surface area contributed by atoms with Crippen molar-refractivity contribution in [2.75, 3.05) is 10.6 Å². The molecule has 0 aromatic heterocycles. The van der Waals surface area contributed by atoms with Crippen LogP contribution in [0.1, 0.15) is 18.1 Å². The van der Waals surface area contributed by atoms with Crippen molar-refractivity contribution in [3.63, 3.8) is 0 Å². The lowest BCUT2D eigenvalue weighted by Gasteiger charge is -2.16. The molecule has 0 heterocycles. The number of amides is 1. The third-order valence-corrected chi connectivity index (χ3v) is 3.61. The van der Waals surface area contributed by atoms with Gasteiger partial charge in [0.15, 0.2) is 0 Å². The van der Waals surface area contributed by atoms with E-state index in [-0.39, 0.29) is 11.6 Å². The van der Waals surface area contributed by atoms with E-state index in [4.69, 9.17) is 0 Å². The Morgan fingerprint density at radius 2 is 1.83 bits per heavy atom. The van der Waals surface area contributed by atoms with Crippen LogP contribution in [0.4, 0.5) is 17.1 Å². The molecular formula is C17H19N3O3. The summed E-state index contributed by atoms with van der Waals surface area (Å²) >= 11 is 0. The Morgan fingerprint density at radius 1 is 1.09 bits per heavy atom. The minimum Gasteiger partial charge on any atom is -0.374 e. The predicted molar refractivity (Wildman–Crippen MR) is 90.7 cm³/mol. The first-order valence-corrected chi connectivity index (χ1v) is 7.26. The average molecular weight is 313 g/mol. The quantitative estimate of drug-likeness (QED) is 0.652. The van der Waals surface area contributed by atoms with Crippen molar-refractivity contribution in [3.8, 4) is 0 Å². The lowest BCUT2D eigenvalue weighted by molar-refractivity contribution is -0.384. The molecule has 1 unspecified atom stereocenters. The SMILES string of the molecule is Cc1ccc(NC(C)C(=O)Nc2cccc([N+](=O)[O-])c2)cc1C. The fourth-order valence-electron chi connectivity index (χ4n) is 2.09. The average Bonchev–Trinajstić information content (AvgIpc) is 2.51. The van der Waals surface area contributed by atoms with Gasteiger partial charge in [0, 0.05) is 23.5 Å². The molecule has 0 aliphatic rings. The highest BCUT2D eigenvalue weighted by Crippen LogP contribution is 2.18. The fourth-order valence-corrected chi connectivity index (χ4v) is 2.09. The minimum atomic E-state index is -0.494. The summed E-state index contributed by atoms with van der Waals surface area (Å²) in [5.74, 6) is -0.260. The van der Waals surface area contributed by atoms with Gasteiger partial charge in [-0.25, -0.2) is 0 Å². The van der Waals surface area contributed by atoms with E-state index in [1.165, 1.54) is 23.8 Å². The van der Waals surface area contributed by atoms with Crippen LogP contribution >= 0.6 is 0 Å². The molecule has 2 N–H and O–H groups in total. The van der Waals surface area contributed by atoms with Crippen LogP contribution < -0.4 is 10.6 Å². The summed E-state index contributed by atoms with van der Waals surface area (Å²) < 4.78 is 0. The van der Waals surface area contributed by atoms with Crippen LogP contribution in [-0.2, 0) is 4.79 Å². The lowest BCUT2D eigenvalue weighted by Crippen LogP contribution is -2.31. The molecule has 1 atom stereocenters. The number of nitrogens with one attached hydrogen (secondary N) is 2. The van der Waals surface area contributed by atoms with Gasteiger partial charge in [-0.1, -0.05) is 12.1 Å². The molecular weight excluding hydrogens is 294 g/mol. The molecule has 0 bridgehead atoms. The molecule has 0 radical (unpaired) electrons. The number of aryl methyl sites for hydroxylation is 2. The number of hydrogen-bond acceptors (Lipinski definition) is 4. The number of carbonyl (C=O) groups is 1. The van der Waals surface area contributed by atoms with E-state index in [1.807, 2.05) is 32.0 Å². The summed E-state index contributed by atoms with van der Waals surface area (Å²) in [5.41, 5.74) is 3.52. The number of nitro benzene ring substituents is 1. The third-order valence-electron chi connectivity index (χ3n) is 3.61. The van der Waals surface area contributed by atoms with Crippen molar-refractivity contribution >= 4 is 23.0 Å². The highest BCUT2D eigenvalue weighted by atomic mass is 16.6. The Hall–Kier alpha value is -2.89. The van der Waals surface area contributed by atoms with Gasteiger partial charge >= 0.3 is 0 Å². The first kappa shape index (κ1) is 16.5. The molecule has 0 spiro atoms. The maximum Gasteiger partial charge on any atom is 0.271 e. The number of rotatable bonds is 5. The highest BCUT2D eigenvalue weighted by molar-refractivity contribution is 5.96. The smallest absolute Gasteiger partial charge is 0.271 e. The Balaban J connectivity index is 2.03. The van der Waals surface area contributed by atoms with Gasteiger partial charge in [-0.05, 0) is 50.1 Å². The number of benzene rings is 2. The van der Waals surface area contributed by atoms with Crippen LogP contribution in [0.3, 0.4) is 0 Å². The monoisotopic (exact) mass is 313 g/mol. The number of anilines is 2. The highest BCUT2D eigenvalue weighted by Gasteiger charge is 2.14. The lowest BCUT2D eigenvalue weighted by atomic mass is 10.1. The molecule has 2 rings (SSSR count). The summed E-state index contributed by atoms with van der Waals surface area (Å²) in [6, 6.07) is 11.3. The summed E-state index contributed by atoms with van der Waals surface area (Å²) in [7, 11) is 0. The molecule has 2 aromatic rings. The molecule has 120 valence electrons. The normalized spacial score (nSPS) is 11.6. The van der Waals surface area contributed by atoms with E-state index in [0.29, 0.717) is 5.69 Å². The summed E-state index contributed by atoms with van der Waals surface area (Å²) in [6.07, 6.45) is 0. The Morgan fingerprint density at radius 3 is 2.48 bits per heavy atom. The van der Waals surface area contributed by atoms with E-state index < -0.39 is 11.0 Å². The van der Waals surface area contributed by atoms with Gasteiger partial charge in [-0.2, -0.15) is 0 Å². The fraction of sp³-hybridized carbons (Fsp3) is 0.235. The number of carbonyl (C=O) groups excluding carboxylic acids is 1. The standard InChI is InChI=1S/C17H19N3O3/c1-11-7-8-15(9-12(11)2)18-13(3)17(21)19-14-5-4-6-16(10-14)20(22)23/h4-10,13,18H,1-3H3,(H,19,21). The second-order valence-corrected chi connectivity index (χ2v) is 5.46. The summed E-state index contributed by atoms with van der Waals surface area (Å²) in [4.78, 5) is 22.5. The molecule has 0 saturated heterocycles. The van der Waals surface area contributed by atoms with Crippen molar-refractivity contribution in [2.24, 2.45) is 0 Å². The third kappa shape index (κ3) is 4.29. The number of nitro groups is 1. The van der Waals surface area contributed by atoms with E-state index >= 15 is 0 Å². The second-order valence-electron chi connectivity index (χ2n) is 5.46. The summed E-state index contributed by atoms with van der Waals surface area (Å²) in [6.45, 7) is 5.77. The minimum absolute atomic E-state index is 0.0578. The van der Waals surface area contributed by atoms with Gasteiger partial charge in [0.05, 0.1) is 4.92 Å². The molecule has 2 aromatic carbocycles. The molecule has 0 aliphatic heterocycles. The zero-order valence-electron chi connectivity index (χ0n) is 13.3. The predicted octanol–water partition coefficient (Wildman–Crippen LogP) is 3.65. The molecule has 1 amide bonds. The Bertz CT molecular complexity index is 744. The molecule has 0 aliphatic carbocycles. The van der Waals surface area contributed by atoms with Gasteiger partial charge in [-0.3, -0.25) is 14.9 Å². The van der Waals surface area contributed by atoms with E-state index in [9.17, 15) is 14.9 Å². The topological polar surface area (TPSA) is 84.3 Å². The molecule has 6 heteroatoms.